The highest BCUT2D eigenvalue weighted by Gasteiger charge is 2.46. The molecule has 0 atom stereocenters. The summed E-state index contributed by atoms with van der Waals surface area (Å²) >= 11 is 12.3. The van der Waals surface area contributed by atoms with Crippen molar-refractivity contribution in [1.82, 2.24) is 0 Å². The van der Waals surface area contributed by atoms with E-state index >= 15 is 0 Å². The van der Waals surface area contributed by atoms with Crippen LogP contribution in [0.15, 0.2) is 21.6 Å². The second-order valence-electron chi connectivity index (χ2n) is 6.00. The number of rotatable bonds is 5. The monoisotopic (exact) mass is 378 g/mol. The molecule has 0 saturated heterocycles. The molecule has 0 aliphatic heterocycles. The van der Waals surface area contributed by atoms with Crippen LogP contribution in [0.3, 0.4) is 0 Å². The van der Waals surface area contributed by atoms with Gasteiger partial charge in [0, 0.05) is 8.98 Å². The zero-order valence-electron chi connectivity index (χ0n) is 12.6. The summed E-state index contributed by atoms with van der Waals surface area (Å²) < 4.78 is 1.30. The normalized spacial score (nSPS) is 14.5. The van der Waals surface area contributed by atoms with Gasteiger partial charge in [-0.1, -0.05) is 75.1 Å². The predicted octanol–water partition coefficient (Wildman–Crippen LogP) is 7.27. The molecule has 0 unspecified atom stereocenters. The van der Waals surface area contributed by atoms with Gasteiger partial charge in [-0.15, -0.1) is 11.3 Å². The summed E-state index contributed by atoms with van der Waals surface area (Å²) in [6.07, 6.45) is 0. The highest BCUT2D eigenvalue weighted by molar-refractivity contribution is 9.12. The van der Waals surface area contributed by atoms with Crippen LogP contribution in [0.2, 0.25) is 16.6 Å². The van der Waals surface area contributed by atoms with Crippen LogP contribution in [0.1, 0.15) is 46.4 Å². The van der Waals surface area contributed by atoms with Gasteiger partial charge in [0.05, 0.1) is 5.03 Å². The lowest BCUT2D eigenvalue weighted by Gasteiger charge is -2.43. The maximum absolute atomic E-state index is 6.69. The van der Waals surface area contributed by atoms with E-state index < -0.39 is 8.07 Å². The quantitative estimate of drug-likeness (QED) is 0.472. The minimum absolute atomic E-state index is 0.663. The van der Waals surface area contributed by atoms with E-state index in [1.165, 1.54) is 8.98 Å². The molecule has 0 radical (unpaired) electrons. The van der Waals surface area contributed by atoms with Crippen LogP contribution in [0, 0.1) is 0 Å². The fourth-order valence-corrected chi connectivity index (χ4v) is 15.4. The molecular formula is C15H24BrClSSi. The van der Waals surface area contributed by atoms with Crippen molar-refractivity contribution >= 4 is 52.0 Å². The van der Waals surface area contributed by atoms with Crippen molar-refractivity contribution in [2.24, 2.45) is 0 Å². The van der Waals surface area contributed by atoms with Gasteiger partial charge in [0.2, 0.25) is 0 Å². The molecule has 0 spiro atoms. The predicted molar refractivity (Wildman–Crippen MR) is 97.1 cm³/mol. The molecule has 1 aromatic rings. The Bertz CT molecular complexity index is 413. The second-order valence-corrected chi connectivity index (χ2v) is 14.7. The van der Waals surface area contributed by atoms with Gasteiger partial charge in [-0.3, -0.25) is 0 Å². The van der Waals surface area contributed by atoms with Gasteiger partial charge in [-0.05, 0) is 28.1 Å². The van der Waals surface area contributed by atoms with Crippen molar-refractivity contribution in [1.29, 1.82) is 0 Å². The third-order valence-electron chi connectivity index (χ3n) is 4.18. The first-order valence-electron chi connectivity index (χ1n) is 6.85. The van der Waals surface area contributed by atoms with Crippen molar-refractivity contribution in [2.75, 3.05) is 0 Å². The minimum atomic E-state index is -1.68. The average molecular weight is 380 g/mol. The van der Waals surface area contributed by atoms with Gasteiger partial charge in [0.1, 0.15) is 8.07 Å². The minimum Gasteiger partial charge on any atom is -0.143 e. The highest BCUT2D eigenvalue weighted by Crippen LogP contribution is 2.51. The first-order chi connectivity index (χ1) is 8.76. The topological polar surface area (TPSA) is 0 Å². The molecule has 1 rings (SSSR count). The molecule has 0 aromatic carbocycles. The molecule has 0 bridgehead atoms. The van der Waals surface area contributed by atoms with Crippen molar-refractivity contribution in [3.63, 3.8) is 0 Å². The second kappa shape index (κ2) is 6.93. The number of halogens is 2. The highest BCUT2D eigenvalue weighted by atomic mass is 79.9. The largest absolute Gasteiger partial charge is 0.143 e. The third kappa shape index (κ3) is 3.20. The van der Waals surface area contributed by atoms with Gasteiger partial charge < -0.3 is 0 Å². The van der Waals surface area contributed by atoms with E-state index in [2.05, 4.69) is 75.0 Å². The van der Waals surface area contributed by atoms with Gasteiger partial charge in [-0.25, -0.2) is 0 Å². The molecule has 0 nitrogen and oxygen atoms in total. The standard InChI is InChI=1S/C15H24BrClSSi/c1-10(2)19(11(3)4,12(5)6)15(16)14(17)13-8-7-9-18-13/h7-12H,1-6H3/b15-14+. The van der Waals surface area contributed by atoms with Crippen LogP contribution in [0.4, 0.5) is 0 Å². The van der Waals surface area contributed by atoms with Crippen molar-refractivity contribution < 1.29 is 0 Å². The average Bonchev–Trinajstić information content (AvgIpc) is 2.80. The molecule has 0 amide bonds. The summed E-state index contributed by atoms with van der Waals surface area (Å²) in [4.78, 5) is 1.17. The molecular weight excluding hydrogens is 356 g/mol. The molecule has 1 aromatic heterocycles. The molecule has 0 fully saturated rings. The maximum atomic E-state index is 6.69. The smallest absolute Gasteiger partial charge is 0.105 e. The fraction of sp³-hybridized carbons (Fsp3) is 0.600. The molecule has 19 heavy (non-hydrogen) atoms. The molecule has 0 aliphatic rings. The Balaban J connectivity index is 3.45. The Hall–Kier alpha value is 0.427. The number of hydrogen-bond acceptors (Lipinski definition) is 1. The van der Waals surface area contributed by atoms with Crippen molar-refractivity contribution in [2.45, 2.75) is 58.2 Å². The number of hydrogen-bond donors (Lipinski definition) is 0. The van der Waals surface area contributed by atoms with E-state index in [1.807, 2.05) is 0 Å². The van der Waals surface area contributed by atoms with Crippen LogP contribution in [0.5, 0.6) is 0 Å². The zero-order valence-corrected chi connectivity index (χ0v) is 16.8. The van der Waals surface area contributed by atoms with Crippen molar-refractivity contribution in [3.8, 4) is 0 Å². The number of thiophene rings is 1. The Labute approximate surface area is 136 Å². The lowest BCUT2D eigenvalue weighted by atomic mass is 10.5. The molecule has 0 saturated carbocycles. The fourth-order valence-electron chi connectivity index (χ4n) is 3.46. The summed E-state index contributed by atoms with van der Waals surface area (Å²) in [5.74, 6) is 0. The van der Waals surface area contributed by atoms with Crippen LogP contribution in [-0.4, -0.2) is 8.07 Å². The van der Waals surface area contributed by atoms with E-state index in [0.29, 0.717) is 16.6 Å². The molecule has 0 N–H and O–H groups in total. The first kappa shape index (κ1) is 17.5. The van der Waals surface area contributed by atoms with Crippen LogP contribution < -0.4 is 0 Å². The van der Waals surface area contributed by atoms with E-state index in [1.54, 1.807) is 11.3 Å². The maximum Gasteiger partial charge on any atom is 0.105 e. The van der Waals surface area contributed by atoms with E-state index in [-0.39, 0.29) is 0 Å². The van der Waals surface area contributed by atoms with E-state index in [4.69, 9.17) is 11.6 Å². The summed E-state index contributed by atoms with van der Waals surface area (Å²) in [6, 6.07) is 4.17. The van der Waals surface area contributed by atoms with E-state index in [9.17, 15) is 0 Å². The van der Waals surface area contributed by atoms with Gasteiger partial charge >= 0.3 is 0 Å². The van der Waals surface area contributed by atoms with Crippen LogP contribution >= 0.6 is 38.9 Å². The Morgan fingerprint density at radius 1 is 1.11 bits per heavy atom. The van der Waals surface area contributed by atoms with Gasteiger partial charge in [0.15, 0.2) is 0 Å². The lowest BCUT2D eigenvalue weighted by Crippen LogP contribution is -2.45. The van der Waals surface area contributed by atoms with Gasteiger partial charge in [0.25, 0.3) is 0 Å². The summed E-state index contributed by atoms with van der Waals surface area (Å²) in [5.41, 5.74) is 1.99. The Kier molecular flexibility index (Phi) is 6.37. The summed E-state index contributed by atoms with van der Waals surface area (Å²) in [6.45, 7) is 14.1. The third-order valence-corrected chi connectivity index (χ3v) is 15.2. The molecule has 4 heteroatoms. The molecule has 1 heterocycles. The van der Waals surface area contributed by atoms with E-state index in [0.717, 1.165) is 5.03 Å². The summed E-state index contributed by atoms with van der Waals surface area (Å²) in [7, 11) is -1.68. The molecule has 0 aliphatic carbocycles. The Morgan fingerprint density at radius 3 is 1.89 bits per heavy atom. The van der Waals surface area contributed by atoms with Crippen LogP contribution in [0.25, 0.3) is 5.03 Å². The zero-order chi connectivity index (χ0) is 14.8. The molecule has 108 valence electrons. The van der Waals surface area contributed by atoms with Crippen LogP contribution in [-0.2, 0) is 0 Å². The summed E-state index contributed by atoms with van der Waals surface area (Å²) in [5, 5.41) is 3.01. The Morgan fingerprint density at radius 2 is 1.58 bits per heavy atom. The van der Waals surface area contributed by atoms with Gasteiger partial charge in [-0.2, -0.15) is 0 Å². The SMILES string of the molecule is CC(C)[Si](/C(Br)=C(/Cl)c1cccs1)(C(C)C)C(C)C. The first-order valence-corrected chi connectivity index (χ1v) is 11.1. The van der Waals surface area contributed by atoms with Crippen molar-refractivity contribution in [3.05, 3.63) is 26.5 Å². The lowest BCUT2D eigenvalue weighted by molar-refractivity contribution is 0.832.